The molecule has 2 aliphatic carbocycles. The third kappa shape index (κ3) is 8.05. The van der Waals surface area contributed by atoms with Crippen LogP contribution in [0.15, 0.2) is 0 Å². The van der Waals surface area contributed by atoms with Gasteiger partial charge in [-0.1, -0.05) is 109 Å². The lowest BCUT2D eigenvalue weighted by Crippen LogP contribution is -2.04. The fourth-order valence-corrected chi connectivity index (χ4v) is 10.4. The van der Waals surface area contributed by atoms with Crippen molar-refractivity contribution >= 4 is 65.8 Å². The molecule has 0 N–H and O–H groups in total. The normalized spacial score (nSPS) is 21.1. The lowest BCUT2D eigenvalue weighted by molar-refractivity contribution is 0.107. The maximum absolute atomic E-state index is 12.9. The molecule has 0 unspecified atom stereocenters. The molecule has 37 heavy (non-hydrogen) atoms. The first kappa shape index (κ1) is 29.6. The van der Waals surface area contributed by atoms with Gasteiger partial charge in [0.25, 0.3) is 10.5 Å². The summed E-state index contributed by atoms with van der Waals surface area (Å²) in [5.41, 5.74) is 1.37. The van der Waals surface area contributed by atoms with E-state index < -0.39 is 0 Å². The molecule has 206 valence electrons. The van der Waals surface area contributed by atoms with E-state index in [0.717, 1.165) is 44.8 Å². The number of halogens is 2. The molecule has 6 heteroatoms. The second-order valence-electron chi connectivity index (χ2n) is 11.4. The Bertz CT molecular complexity index is 1000. The van der Waals surface area contributed by atoms with E-state index in [4.69, 9.17) is 23.2 Å². The van der Waals surface area contributed by atoms with Crippen molar-refractivity contribution in [1.29, 1.82) is 0 Å². The zero-order chi connectivity index (χ0) is 26.0. The summed E-state index contributed by atoms with van der Waals surface area (Å²) in [6.45, 7) is 0. The van der Waals surface area contributed by atoms with Gasteiger partial charge in [-0.25, -0.2) is 0 Å². The van der Waals surface area contributed by atoms with Gasteiger partial charge in [-0.3, -0.25) is 9.59 Å². The van der Waals surface area contributed by atoms with Gasteiger partial charge >= 0.3 is 0 Å². The van der Waals surface area contributed by atoms with Crippen molar-refractivity contribution in [3.63, 3.8) is 0 Å². The lowest BCUT2D eigenvalue weighted by atomic mass is 9.90. The van der Waals surface area contributed by atoms with Gasteiger partial charge < -0.3 is 0 Å². The van der Waals surface area contributed by atoms with Crippen LogP contribution in [0.25, 0.3) is 9.40 Å². The van der Waals surface area contributed by atoms with E-state index >= 15 is 0 Å². The predicted octanol–water partition coefficient (Wildman–Crippen LogP) is 12.1. The van der Waals surface area contributed by atoms with Gasteiger partial charge in [0.2, 0.25) is 0 Å². The van der Waals surface area contributed by atoms with Crippen molar-refractivity contribution in [3.8, 4) is 0 Å². The zero-order valence-corrected chi connectivity index (χ0v) is 25.5. The molecule has 2 aromatic heterocycles. The molecule has 0 spiro atoms. The number of thiophene rings is 2. The number of carbonyl (C=O) groups excluding carboxylic acids is 2. The van der Waals surface area contributed by atoms with Crippen molar-refractivity contribution in [2.24, 2.45) is 0 Å². The summed E-state index contributed by atoms with van der Waals surface area (Å²) >= 11 is 15.9. The molecule has 0 aromatic carbocycles. The van der Waals surface area contributed by atoms with Gasteiger partial charge in [0.15, 0.2) is 0 Å². The van der Waals surface area contributed by atoms with Crippen molar-refractivity contribution in [3.05, 3.63) is 20.9 Å². The number of hydrogen-bond donors (Lipinski definition) is 0. The largest absolute Gasteiger partial charge is 0.276 e. The molecule has 2 saturated carbocycles. The number of fused-ring (bicyclic) bond motifs is 1. The molecule has 0 radical (unpaired) electrons. The van der Waals surface area contributed by atoms with E-state index in [0.29, 0.717) is 23.0 Å². The second kappa shape index (κ2) is 15.4. The minimum Gasteiger partial charge on any atom is -0.276 e. The fraction of sp³-hybridized carbons (Fsp3) is 0.742. The quantitative estimate of drug-likeness (QED) is 0.336. The summed E-state index contributed by atoms with van der Waals surface area (Å²) in [5, 5.41) is -0.730. The zero-order valence-electron chi connectivity index (χ0n) is 22.4. The van der Waals surface area contributed by atoms with Crippen LogP contribution < -0.4 is 0 Å². The second-order valence-corrected chi connectivity index (χ2v) is 14.2. The Hall–Kier alpha value is -0.420. The van der Waals surface area contributed by atoms with Crippen LogP contribution >= 0.6 is 45.9 Å². The van der Waals surface area contributed by atoms with Crippen LogP contribution in [0.1, 0.15) is 177 Å². The van der Waals surface area contributed by atoms with Crippen LogP contribution in [0.2, 0.25) is 0 Å². The van der Waals surface area contributed by atoms with Gasteiger partial charge in [0.05, 0.1) is 20.5 Å². The maximum atomic E-state index is 12.9. The number of rotatable bonds is 4. The molecule has 4 rings (SSSR count). The molecule has 2 nitrogen and oxygen atoms in total. The molecular weight excluding hydrogens is 539 g/mol. The Morgan fingerprint density at radius 1 is 0.459 bits per heavy atom. The van der Waals surface area contributed by atoms with Crippen molar-refractivity contribution in [1.82, 2.24) is 0 Å². The number of carbonyl (C=O) groups is 2. The van der Waals surface area contributed by atoms with E-state index in [1.807, 2.05) is 0 Å². The molecule has 0 saturated heterocycles. The van der Waals surface area contributed by atoms with E-state index in [9.17, 15) is 9.59 Å². The molecule has 0 amide bonds. The molecule has 2 heterocycles. The smallest absolute Gasteiger partial charge is 0.254 e. The highest BCUT2D eigenvalue weighted by Crippen LogP contribution is 2.50. The summed E-state index contributed by atoms with van der Waals surface area (Å²) < 4.78 is 1.86. The molecule has 0 bridgehead atoms. The maximum Gasteiger partial charge on any atom is 0.254 e. The highest BCUT2D eigenvalue weighted by molar-refractivity contribution is 7.29. The highest BCUT2D eigenvalue weighted by Gasteiger charge is 2.32. The van der Waals surface area contributed by atoms with Crippen molar-refractivity contribution in [2.75, 3.05) is 0 Å². The van der Waals surface area contributed by atoms with Gasteiger partial charge in [0.1, 0.15) is 0 Å². The average Bonchev–Trinajstić information content (AvgIpc) is 3.38. The van der Waals surface area contributed by atoms with Gasteiger partial charge in [-0.15, -0.1) is 22.7 Å². The third-order valence-corrected chi connectivity index (χ3v) is 11.9. The highest BCUT2D eigenvalue weighted by atomic mass is 35.5. The van der Waals surface area contributed by atoms with Gasteiger partial charge in [0, 0.05) is 9.75 Å². The number of hydrogen-bond acceptors (Lipinski definition) is 4. The monoisotopic (exact) mass is 582 g/mol. The first-order chi connectivity index (χ1) is 18.1. The standard InChI is InChI=1S/C31H44Cl2O2S2/c32-30(34)24-26(22-18-14-10-6-2-1-3-7-11-15-19-22)36-29-25(31(33)35)27(37-28(24)29)23-20-16-12-8-4-5-9-13-17-21-23/h22-23H,1-21H2. The van der Waals surface area contributed by atoms with Crippen LogP contribution in [0, 0.1) is 0 Å². The topological polar surface area (TPSA) is 34.1 Å². The van der Waals surface area contributed by atoms with Crippen molar-refractivity contribution in [2.45, 2.75) is 147 Å². The first-order valence-electron chi connectivity index (χ1n) is 15.1. The lowest BCUT2D eigenvalue weighted by Gasteiger charge is -2.18. The average molecular weight is 584 g/mol. The van der Waals surface area contributed by atoms with Crippen LogP contribution in [0.5, 0.6) is 0 Å². The Kier molecular flexibility index (Phi) is 12.3. The summed E-state index contributed by atoms with van der Waals surface area (Å²) in [5.74, 6) is 0.698. The van der Waals surface area contributed by atoms with Gasteiger partial charge in [-0.05, 0) is 60.7 Å². The van der Waals surface area contributed by atoms with E-state index in [1.54, 1.807) is 22.7 Å². The van der Waals surface area contributed by atoms with E-state index in [-0.39, 0.29) is 10.5 Å². The minimum atomic E-state index is -0.365. The molecule has 2 aromatic rings. The first-order valence-corrected chi connectivity index (χ1v) is 17.5. The van der Waals surface area contributed by atoms with Gasteiger partial charge in [-0.2, -0.15) is 0 Å². The van der Waals surface area contributed by atoms with Crippen molar-refractivity contribution < 1.29 is 9.59 Å². The van der Waals surface area contributed by atoms with Crippen LogP contribution in [0.4, 0.5) is 0 Å². The minimum absolute atomic E-state index is 0.348. The molecule has 2 fully saturated rings. The summed E-state index contributed by atoms with van der Waals surface area (Å²) in [6, 6.07) is 0. The SMILES string of the molecule is O=C(Cl)c1c(C2CCCCCCCCCCC2)sc2c(C(=O)Cl)c(C3CCCCCCCCCC3)sc12. The molecule has 0 atom stereocenters. The predicted molar refractivity (Wildman–Crippen MR) is 163 cm³/mol. The Morgan fingerprint density at radius 2 is 0.703 bits per heavy atom. The summed E-state index contributed by atoms with van der Waals surface area (Å²) in [6.07, 6.45) is 26.2. The van der Waals surface area contributed by atoms with Crippen LogP contribution in [-0.4, -0.2) is 10.5 Å². The molecule has 0 aliphatic heterocycles. The molecular formula is C31H44Cl2O2S2. The Balaban J connectivity index is 1.69. The summed E-state index contributed by atoms with van der Waals surface area (Å²) in [4.78, 5) is 28.0. The Labute approximate surface area is 241 Å². The third-order valence-electron chi connectivity index (χ3n) is 8.67. The molecule has 2 aliphatic rings. The fourth-order valence-electron chi connectivity index (χ4n) is 6.59. The van der Waals surface area contributed by atoms with Crippen LogP contribution in [-0.2, 0) is 0 Å². The summed E-state index contributed by atoms with van der Waals surface area (Å²) in [7, 11) is 0. The Morgan fingerprint density at radius 3 is 0.946 bits per heavy atom. The van der Waals surface area contributed by atoms with E-state index in [2.05, 4.69) is 0 Å². The van der Waals surface area contributed by atoms with Crippen LogP contribution in [0.3, 0.4) is 0 Å². The van der Waals surface area contributed by atoms with E-state index in [1.165, 1.54) is 109 Å².